The number of hydrogen-bond acceptors (Lipinski definition) is 5. The third-order valence-corrected chi connectivity index (χ3v) is 4.94. The molecule has 6 heteroatoms. The second-order valence-corrected chi connectivity index (χ2v) is 6.95. The molecule has 0 radical (unpaired) electrons. The van der Waals surface area contributed by atoms with E-state index in [4.69, 9.17) is 4.74 Å². The number of amides is 1. The Balaban J connectivity index is 1.51. The van der Waals surface area contributed by atoms with Crippen LogP contribution in [0.15, 0.2) is 48.9 Å². The Morgan fingerprint density at radius 2 is 2.04 bits per heavy atom. The van der Waals surface area contributed by atoms with Crippen molar-refractivity contribution >= 4 is 11.7 Å². The van der Waals surface area contributed by atoms with Gasteiger partial charge in [-0.1, -0.05) is 30.3 Å². The summed E-state index contributed by atoms with van der Waals surface area (Å²) in [5.41, 5.74) is 0.980. The van der Waals surface area contributed by atoms with Crippen molar-refractivity contribution in [1.29, 1.82) is 0 Å². The molecule has 0 unspecified atom stereocenters. The number of anilines is 1. The minimum Gasteiger partial charge on any atom is -0.379 e. The molecule has 130 valence electrons. The first-order valence-corrected chi connectivity index (χ1v) is 8.65. The normalized spacial score (nSPS) is 23.9. The number of carbonyl (C=O) groups excluding carboxylic acids is 1. The Bertz CT molecular complexity index is 725. The Labute approximate surface area is 147 Å². The molecule has 0 saturated carbocycles. The lowest BCUT2D eigenvalue weighted by atomic mass is 9.87. The van der Waals surface area contributed by atoms with Gasteiger partial charge in [0.15, 0.2) is 0 Å². The fraction of sp³-hybridized carbons (Fsp3) is 0.421. The van der Waals surface area contributed by atoms with E-state index in [9.17, 15) is 4.79 Å². The van der Waals surface area contributed by atoms with Crippen molar-refractivity contribution in [1.82, 2.24) is 14.9 Å². The molecule has 2 aliphatic heterocycles. The largest absolute Gasteiger partial charge is 0.379 e. The van der Waals surface area contributed by atoms with Gasteiger partial charge in [0.1, 0.15) is 5.82 Å². The topological polar surface area (TPSA) is 58.6 Å². The van der Waals surface area contributed by atoms with Crippen LogP contribution in [0.4, 0.5) is 5.82 Å². The zero-order valence-electron chi connectivity index (χ0n) is 14.2. The molecule has 4 rings (SSSR count). The number of aromatic nitrogens is 2. The number of carbonyl (C=O) groups is 1. The highest BCUT2D eigenvalue weighted by Crippen LogP contribution is 2.35. The van der Waals surface area contributed by atoms with Crippen molar-refractivity contribution in [2.24, 2.45) is 5.41 Å². The van der Waals surface area contributed by atoms with Crippen LogP contribution in [-0.4, -0.2) is 53.6 Å². The van der Waals surface area contributed by atoms with Crippen molar-refractivity contribution in [3.05, 3.63) is 54.5 Å². The molecule has 6 nitrogen and oxygen atoms in total. The van der Waals surface area contributed by atoms with Gasteiger partial charge in [-0.2, -0.15) is 0 Å². The fourth-order valence-electron chi connectivity index (χ4n) is 3.78. The molecule has 1 amide bonds. The Morgan fingerprint density at radius 3 is 2.84 bits per heavy atom. The molecule has 2 aromatic rings. The van der Waals surface area contributed by atoms with Crippen LogP contribution in [0.5, 0.6) is 0 Å². The summed E-state index contributed by atoms with van der Waals surface area (Å²) in [6.07, 6.45) is 5.68. The lowest BCUT2D eigenvalue weighted by Crippen LogP contribution is -2.41. The first kappa shape index (κ1) is 16.0. The fourth-order valence-corrected chi connectivity index (χ4v) is 3.78. The summed E-state index contributed by atoms with van der Waals surface area (Å²) in [5.74, 6) is 1.05. The quantitative estimate of drug-likeness (QED) is 0.853. The first-order valence-electron chi connectivity index (χ1n) is 8.65. The molecule has 1 atom stereocenters. The summed E-state index contributed by atoms with van der Waals surface area (Å²) in [6.45, 7) is 4.17. The van der Waals surface area contributed by atoms with Gasteiger partial charge in [0.05, 0.1) is 19.4 Å². The minimum atomic E-state index is -0.181. The molecule has 25 heavy (non-hydrogen) atoms. The summed E-state index contributed by atoms with van der Waals surface area (Å²) in [4.78, 5) is 25.4. The SMILES string of the molecule is O=C1C[C@@]2(COCCN(c3cnccn3)C2)CN1Cc1ccccc1. The van der Waals surface area contributed by atoms with Gasteiger partial charge in [0.2, 0.25) is 5.91 Å². The van der Waals surface area contributed by atoms with Crippen LogP contribution in [0.25, 0.3) is 0 Å². The van der Waals surface area contributed by atoms with Gasteiger partial charge in [0, 0.05) is 50.4 Å². The first-order chi connectivity index (χ1) is 12.2. The number of benzene rings is 1. The van der Waals surface area contributed by atoms with Crippen LogP contribution in [0.2, 0.25) is 0 Å². The molecule has 2 fully saturated rings. The van der Waals surface area contributed by atoms with Gasteiger partial charge in [0.25, 0.3) is 0 Å². The van der Waals surface area contributed by atoms with E-state index in [-0.39, 0.29) is 11.3 Å². The smallest absolute Gasteiger partial charge is 0.223 e. The Kier molecular flexibility index (Phi) is 4.36. The van der Waals surface area contributed by atoms with E-state index in [2.05, 4.69) is 27.0 Å². The van der Waals surface area contributed by atoms with Gasteiger partial charge in [-0.25, -0.2) is 4.98 Å². The zero-order chi connectivity index (χ0) is 17.1. The Morgan fingerprint density at radius 1 is 1.16 bits per heavy atom. The molecule has 2 saturated heterocycles. The van der Waals surface area contributed by atoms with Crippen LogP contribution in [0, 0.1) is 5.41 Å². The van der Waals surface area contributed by atoms with Crippen LogP contribution in [0.1, 0.15) is 12.0 Å². The maximum atomic E-state index is 12.6. The molecule has 0 aliphatic carbocycles. The zero-order valence-corrected chi connectivity index (χ0v) is 14.2. The monoisotopic (exact) mass is 338 g/mol. The van der Waals surface area contributed by atoms with E-state index >= 15 is 0 Å². The van der Waals surface area contributed by atoms with Gasteiger partial charge >= 0.3 is 0 Å². The molecule has 1 aromatic heterocycles. The highest BCUT2D eigenvalue weighted by atomic mass is 16.5. The molecule has 2 aliphatic rings. The van der Waals surface area contributed by atoms with Crippen molar-refractivity contribution in [2.75, 3.05) is 37.7 Å². The average molecular weight is 338 g/mol. The van der Waals surface area contributed by atoms with Gasteiger partial charge < -0.3 is 14.5 Å². The van der Waals surface area contributed by atoms with E-state index in [0.29, 0.717) is 26.2 Å². The average Bonchev–Trinajstić information content (AvgIpc) is 2.81. The predicted octanol–water partition coefficient (Wildman–Crippen LogP) is 1.73. The van der Waals surface area contributed by atoms with E-state index in [1.54, 1.807) is 18.6 Å². The summed E-state index contributed by atoms with van der Waals surface area (Å²) < 4.78 is 5.86. The number of rotatable bonds is 3. The second kappa shape index (κ2) is 6.80. The summed E-state index contributed by atoms with van der Waals surface area (Å²) in [7, 11) is 0. The predicted molar refractivity (Wildman–Crippen MR) is 94.0 cm³/mol. The highest BCUT2D eigenvalue weighted by Gasteiger charge is 2.45. The molecule has 3 heterocycles. The summed E-state index contributed by atoms with van der Waals surface area (Å²) >= 11 is 0. The maximum Gasteiger partial charge on any atom is 0.223 e. The molecule has 1 aromatic carbocycles. The van der Waals surface area contributed by atoms with Crippen LogP contribution in [0.3, 0.4) is 0 Å². The number of likely N-dealkylation sites (tertiary alicyclic amines) is 1. The summed E-state index contributed by atoms with van der Waals surface area (Å²) in [6, 6.07) is 10.1. The van der Waals surface area contributed by atoms with Crippen LogP contribution >= 0.6 is 0 Å². The highest BCUT2D eigenvalue weighted by molar-refractivity contribution is 5.79. The number of nitrogens with zero attached hydrogens (tertiary/aromatic N) is 4. The lowest BCUT2D eigenvalue weighted by Gasteiger charge is -2.31. The minimum absolute atomic E-state index is 0.181. The van der Waals surface area contributed by atoms with Gasteiger partial charge in [-0.05, 0) is 5.56 Å². The van der Waals surface area contributed by atoms with Crippen LogP contribution < -0.4 is 4.90 Å². The van der Waals surface area contributed by atoms with Gasteiger partial charge in [-0.15, -0.1) is 0 Å². The molecule has 0 N–H and O–H groups in total. The van der Waals surface area contributed by atoms with E-state index in [0.717, 1.165) is 31.0 Å². The number of ether oxygens (including phenoxy) is 1. The molecule has 0 bridgehead atoms. The maximum absolute atomic E-state index is 12.6. The van der Waals surface area contributed by atoms with Gasteiger partial charge in [-0.3, -0.25) is 9.78 Å². The third kappa shape index (κ3) is 3.49. The van der Waals surface area contributed by atoms with E-state index in [1.807, 2.05) is 23.1 Å². The van der Waals surface area contributed by atoms with E-state index < -0.39 is 0 Å². The van der Waals surface area contributed by atoms with Crippen molar-refractivity contribution in [3.63, 3.8) is 0 Å². The standard InChI is InChI=1S/C19H22N4O2/c24-18-10-19(14-23(18)12-16-4-2-1-3-5-16)13-22(8-9-25-15-19)17-11-20-6-7-21-17/h1-7,11H,8-10,12-15H2/t19-/m0/s1. The number of hydrogen-bond donors (Lipinski definition) is 0. The molecular formula is C19H22N4O2. The second-order valence-electron chi connectivity index (χ2n) is 6.95. The molecule has 1 spiro atoms. The molecular weight excluding hydrogens is 316 g/mol. The summed E-state index contributed by atoms with van der Waals surface area (Å²) in [5, 5.41) is 0. The van der Waals surface area contributed by atoms with Crippen molar-refractivity contribution < 1.29 is 9.53 Å². The lowest BCUT2D eigenvalue weighted by molar-refractivity contribution is -0.128. The Hall–Kier alpha value is -2.47. The van der Waals surface area contributed by atoms with E-state index in [1.165, 1.54) is 0 Å². The van der Waals surface area contributed by atoms with Crippen molar-refractivity contribution in [3.8, 4) is 0 Å². The third-order valence-electron chi connectivity index (χ3n) is 4.94. The van der Waals surface area contributed by atoms with Crippen molar-refractivity contribution in [2.45, 2.75) is 13.0 Å². The van der Waals surface area contributed by atoms with Crippen LogP contribution in [-0.2, 0) is 16.1 Å².